The van der Waals surface area contributed by atoms with Crippen LogP contribution in [0.15, 0.2) is 11.6 Å². The molecule has 0 radical (unpaired) electrons. The van der Waals surface area contributed by atoms with Gasteiger partial charge in [0.15, 0.2) is 0 Å². The van der Waals surface area contributed by atoms with E-state index in [1.54, 1.807) is 0 Å². The molecule has 0 aromatic heterocycles. The smallest absolute Gasteiger partial charge is 0.302 e. The summed E-state index contributed by atoms with van der Waals surface area (Å²) < 4.78 is 5.05. The minimum atomic E-state index is -0.177. The van der Waals surface area contributed by atoms with Gasteiger partial charge in [-0.2, -0.15) is 0 Å². The quantitative estimate of drug-likeness (QED) is 0.512. The normalized spacial score (nSPS) is 28.1. The first-order valence-corrected chi connectivity index (χ1v) is 5.14. The first-order valence-electron chi connectivity index (χ1n) is 5.14. The largest absolute Gasteiger partial charge is 0.466 e. The number of hydrogen-bond donors (Lipinski definition) is 0. The van der Waals surface area contributed by atoms with Gasteiger partial charge in [-0.3, -0.25) is 4.79 Å². The number of carbonyl (C=O) groups excluding carboxylic acids is 1. The lowest BCUT2D eigenvalue weighted by atomic mass is 10.1. The lowest BCUT2D eigenvalue weighted by Crippen LogP contribution is -2.05. The third kappa shape index (κ3) is 2.37. The Morgan fingerprint density at radius 3 is 2.36 bits per heavy atom. The lowest BCUT2D eigenvalue weighted by molar-refractivity contribution is -0.141. The topological polar surface area (TPSA) is 26.3 Å². The van der Waals surface area contributed by atoms with Crippen molar-refractivity contribution in [2.45, 2.75) is 34.6 Å². The first-order chi connectivity index (χ1) is 6.35. The summed E-state index contributed by atoms with van der Waals surface area (Å²) in [6, 6.07) is 0. The third-order valence-electron chi connectivity index (χ3n) is 3.12. The molecule has 2 atom stereocenters. The van der Waals surface area contributed by atoms with E-state index in [0.29, 0.717) is 23.9 Å². The Kier molecular flexibility index (Phi) is 3.03. The molecule has 0 aromatic carbocycles. The van der Waals surface area contributed by atoms with Crippen molar-refractivity contribution in [3.8, 4) is 0 Å². The molecule has 80 valence electrons. The second-order valence-corrected chi connectivity index (χ2v) is 5.00. The number of esters is 1. The highest BCUT2D eigenvalue weighted by Crippen LogP contribution is 2.59. The summed E-state index contributed by atoms with van der Waals surface area (Å²) in [5.74, 6) is 0.900. The van der Waals surface area contributed by atoms with E-state index in [4.69, 9.17) is 4.74 Å². The molecule has 0 unspecified atom stereocenters. The van der Waals surface area contributed by atoms with Crippen molar-refractivity contribution in [2.24, 2.45) is 17.3 Å². The molecule has 1 aliphatic rings. The van der Waals surface area contributed by atoms with Crippen LogP contribution in [0, 0.1) is 17.3 Å². The van der Waals surface area contributed by atoms with Crippen LogP contribution in [0.4, 0.5) is 0 Å². The summed E-state index contributed by atoms with van der Waals surface area (Å²) in [5.41, 5.74) is 1.64. The van der Waals surface area contributed by atoms with Crippen molar-refractivity contribution in [2.75, 3.05) is 6.61 Å². The van der Waals surface area contributed by atoms with Gasteiger partial charge in [0.2, 0.25) is 0 Å². The van der Waals surface area contributed by atoms with E-state index in [2.05, 4.69) is 33.8 Å². The lowest BCUT2D eigenvalue weighted by Gasteiger charge is -2.02. The molecule has 2 nitrogen and oxygen atoms in total. The van der Waals surface area contributed by atoms with Crippen molar-refractivity contribution in [1.82, 2.24) is 0 Å². The highest BCUT2D eigenvalue weighted by molar-refractivity contribution is 5.65. The maximum absolute atomic E-state index is 10.7. The first kappa shape index (κ1) is 11.3. The summed E-state index contributed by atoms with van der Waals surface area (Å²) in [5, 5.41) is 0. The number of ether oxygens (including phenoxy) is 1. The van der Waals surface area contributed by atoms with Crippen LogP contribution in [0.3, 0.4) is 0 Å². The van der Waals surface area contributed by atoms with Crippen LogP contribution in [0.2, 0.25) is 0 Å². The van der Waals surface area contributed by atoms with Crippen molar-refractivity contribution >= 4 is 5.97 Å². The average molecular weight is 196 g/mol. The van der Waals surface area contributed by atoms with Crippen molar-refractivity contribution in [3.05, 3.63) is 11.6 Å². The molecule has 1 rings (SSSR count). The Morgan fingerprint density at radius 1 is 1.36 bits per heavy atom. The highest BCUT2D eigenvalue weighted by Gasteiger charge is 2.56. The van der Waals surface area contributed by atoms with Crippen LogP contribution in [0.5, 0.6) is 0 Å². The highest BCUT2D eigenvalue weighted by atomic mass is 16.5. The molecule has 0 heterocycles. The molecule has 0 aliphatic heterocycles. The zero-order valence-corrected chi connectivity index (χ0v) is 9.76. The van der Waals surface area contributed by atoms with E-state index in [0.717, 1.165) is 0 Å². The van der Waals surface area contributed by atoms with E-state index < -0.39 is 0 Å². The Bertz CT molecular complexity index is 259. The van der Waals surface area contributed by atoms with Crippen LogP contribution in [-0.2, 0) is 9.53 Å². The Balaban J connectivity index is 2.49. The summed E-state index contributed by atoms with van der Waals surface area (Å²) in [6.45, 7) is 10.7. The van der Waals surface area contributed by atoms with Crippen LogP contribution in [0.25, 0.3) is 0 Å². The monoisotopic (exact) mass is 196 g/mol. The second kappa shape index (κ2) is 3.76. The van der Waals surface area contributed by atoms with E-state index >= 15 is 0 Å². The molecule has 0 saturated heterocycles. The second-order valence-electron chi connectivity index (χ2n) is 5.00. The minimum absolute atomic E-state index is 0.177. The third-order valence-corrected chi connectivity index (χ3v) is 3.12. The van der Waals surface area contributed by atoms with Gasteiger partial charge in [-0.15, -0.1) is 0 Å². The van der Waals surface area contributed by atoms with E-state index in [9.17, 15) is 4.79 Å². The molecule has 0 aromatic rings. The molecule has 0 amide bonds. The Hall–Kier alpha value is -0.790. The van der Waals surface area contributed by atoms with Crippen molar-refractivity contribution in [3.63, 3.8) is 0 Å². The van der Waals surface area contributed by atoms with Crippen LogP contribution < -0.4 is 0 Å². The Labute approximate surface area is 86.3 Å². The van der Waals surface area contributed by atoms with E-state index in [1.807, 2.05) is 0 Å². The predicted octanol–water partition coefficient (Wildman–Crippen LogP) is 2.79. The molecule has 1 aliphatic carbocycles. The number of hydrogen-bond acceptors (Lipinski definition) is 2. The summed E-state index contributed by atoms with van der Waals surface area (Å²) in [6.07, 6.45) is 2.29. The maximum Gasteiger partial charge on any atom is 0.302 e. The summed E-state index contributed by atoms with van der Waals surface area (Å²) in [7, 11) is 0. The standard InChI is InChI=1S/C12H20O2/c1-8(2)6-10-11(12(10,4)5)7-14-9(3)13/h6,10-11H,7H2,1-5H3/t10-,11+/m0/s1. The zero-order chi connectivity index (χ0) is 10.9. The molecule has 0 spiro atoms. The van der Waals surface area contributed by atoms with Gasteiger partial charge in [-0.1, -0.05) is 25.5 Å². The number of rotatable bonds is 3. The predicted molar refractivity (Wildman–Crippen MR) is 56.8 cm³/mol. The SMILES string of the molecule is CC(=O)OC[C@@H]1[C@H](C=C(C)C)C1(C)C. The van der Waals surface area contributed by atoms with Crippen molar-refractivity contribution in [1.29, 1.82) is 0 Å². The van der Waals surface area contributed by atoms with E-state index in [-0.39, 0.29) is 5.97 Å². The molecular weight excluding hydrogens is 176 g/mol. The molecule has 1 fully saturated rings. The summed E-state index contributed by atoms with van der Waals surface area (Å²) >= 11 is 0. The van der Waals surface area contributed by atoms with Gasteiger partial charge in [0.25, 0.3) is 0 Å². The van der Waals surface area contributed by atoms with Gasteiger partial charge < -0.3 is 4.74 Å². The van der Waals surface area contributed by atoms with Gasteiger partial charge in [0.05, 0.1) is 6.61 Å². The zero-order valence-electron chi connectivity index (χ0n) is 9.76. The Morgan fingerprint density at radius 2 is 1.93 bits per heavy atom. The van der Waals surface area contributed by atoms with Gasteiger partial charge in [0.1, 0.15) is 0 Å². The van der Waals surface area contributed by atoms with Gasteiger partial charge in [-0.25, -0.2) is 0 Å². The van der Waals surface area contributed by atoms with Gasteiger partial charge in [0, 0.05) is 12.8 Å². The van der Waals surface area contributed by atoms with Gasteiger partial charge >= 0.3 is 5.97 Å². The fourth-order valence-electron chi connectivity index (χ4n) is 2.00. The van der Waals surface area contributed by atoms with Gasteiger partial charge in [-0.05, 0) is 25.2 Å². The van der Waals surface area contributed by atoms with Crippen LogP contribution in [0.1, 0.15) is 34.6 Å². The van der Waals surface area contributed by atoms with E-state index in [1.165, 1.54) is 12.5 Å². The molecular formula is C12H20O2. The number of carbonyl (C=O) groups is 1. The van der Waals surface area contributed by atoms with Crippen molar-refractivity contribution < 1.29 is 9.53 Å². The molecule has 2 heteroatoms. The fourth-order valence-corrected chi connectivity index (χ4v) is 2.00. The average Bonchev–Trinajstić information content (AvgIpc) is 2.48. The molecule has 14 heavy (non-hydrogen) atoms. The molecule has 0 bridgehead atoms. The molecule has 0 N–H and O–H groups in total. The summed E-state index contributed by atoms with van der Waals surface area (Å²) in [4.78, 5) is 10.7. The fraction of sp³-hybridized carbons (Fsp3) is 0.750. The molecule has 1 saturated carbocycles. The number of allylic oxidation sites excluding steroid dienone is 2. The maximum atomic E-state index is 10.7. The van der Waals surface area contributed by atoms with Crippen LogP contribution >= 0.6 is 0 Å². The minimum Gasteiger partial charge on any atom is -0.466 e. The van der Waals surface area contributed by atoms with Crippen LogP contribution in [-0.4, -0.2) is 12.6 Å².